The van der Waals surface area contributed by atoms with Gasteiger partial charge in [0.2, 0.25) is 0 Å². The van der Waals surface area contributed by atoms with Crippen LogP contribution in [0.15, 0.2) is 24.3 Å². The van der Waals surface area contributed by atoms with Crippen molar-refractivity contribution in [2.24, 2.45) is 0 Å². The van der Waals surface area contributed by atoms with Crippen molar-refractivity contribution in [2.45, 2.75) is 44.9 Å². The fourth-order valence-electron chi connectivity index (χ4n) is 1.37. The number of allylic oxidation sites excluding steroid dienone is 4. The van der Waals surface area contributed by atoms with E-state index in [9.17, 15) is 0 Å². The zero-order valence-electron chi connectivity index (χ0n) is 7.26. The molecular weight excluding hydrogens is 132 g/mol. The molecule has 0 unspecified atom stereocenters. The molecule has 62 valence electrons. The molecule has 0 aromatic carbocycles. The molecule has 0 radical (unpaired) electrons. The van der Waals surface area contributed by atoms with Crippen molar-refractivity contribution in [3.05, 3.63) is 24.3 Å². The molecule has 0 N–H and O–H groups in total. The van der Waals surface area contributed by atoms with Crippen LogP contribution in [0.1, 0.15) is 44.9 Å². The fraction of sp³-hybridized carbons (Fsp3) is 0.636. The van der Waals surface area contributed by atoms with Crippen molar-refractivity contribution in [1.82, 2.24) is 0 Å². The summed E-state index contributed by atoms with van der Waals surface area (Å²) >= 11 is 0. The van der Waals surface area contributed by atoms with Gasteiger partial charge in [-0.2, -0.15) is 0 Å². The van der Waals surface area contributed by atoms with Gasteiger partial charge in [0.05, 0.1) is 0 Å². The van der Waals surface area contributed by atoms with E-state index in [0.29, 0.717) is 0 Å². The van der Waals surface area contributed by atoms with Crippen LogP contribution in [-0.4, -0.2) is 0 Å². The molecule has 0 spiro atoms. The summed E-state index contributed by atoms with van der Waals surface area (Å²) in [7, 11) is 0. The second-order valence-electron chi connectivity index (χ2n) is 3.16. The summed E-state index contributed by atoms with van der Waals surface area (Å²) in [4.78, 5) is 0. The van der Waals surface area contributed by atoms with Crippen LogP contribution in [0.4, 0.5) is 0 Å². The normalized spacial score (nSPS) is 26.9. The van der Waals surface area contributed by atoms with Crippen molar-refractivity contribution in [2.75, 3.05) is 0 Å². The molecule has 0 nitrogen and oxygen atoms in total. The van der Waals surface area contributed by atoms with Gasteiger partial charge < -0.3 is 0 Å². The largest absolute Gasteiger partial charge is 0.0885 e. The predicted molar refractivity (Wildman–Crippen MR) is 50.6 cm³/mol. The maximum atomic E-state index is 2.33. The van der Waals surface area contributed by atoms with Gasteiger partial charge in [0.1, 0.15) is 0 Å². The number of hydrogen-bond donors (Lipinski definition) is 0. The summed E-state index contributed by atoms with van der Waals surface area (Å²) in [6, 6.07) is 0. The van der Waals surface area contributed by atoms with Gasteiger partial charge in [-0.15, -0.1) is 0 Å². The number of hydrogen-bond acceptors (Lipinski definition) is 0. The highest BCUT2D eigenvalue weighted by Gasteiger charge is 1.87. The topological polar surface area (TPSA) is 0 Å². The molecule has 0 saturated carbocycles. The average molecular weight is 150 g/mol. The van der Waals surface area contributed by atoms with Gasteiger partial charge in [-0.1, -0.05) is 30.7 Å². The smallest absolute Gasteiger partial charge is 0.0316 e. The third kappa shape index (κ3) is 4.83. The van der Waals surface area contributed by atoms with Gasteiger partial charge in [-0.3, -0.25) is 0 Å². The lowest BCUT2D eigenvalue weighted by Crippen LogP contribution is -1.73. The van der Waals surface area contributed by atoms with Crippen LogP contribution in [0.25, 0.3) is 0 Å². The Hall–Kier alpha value is -0.520. The summed E-state index contributed by atoms with van der Waals surface area (Å²) in [5, 5.41) is 0. The molecule has 1 aliphatic carbocycles. The standard InChI is InChI=1S/C11H18/c1-2-4-6-8-10-11-9-7-5-3-1/h1-2,7,9H,3-6,8,10-11H2/b2-1-,9-7+. The van der Waals surface area contributed by atoms with E-state index in [4.69, 9.17) is 0 Å². The van der Waals surface area contributed by atoms with Crippen LogP contribution in [0.3, 0.4) is 0 Å². The lowest BCUT2D eigenvalue weighted by atomic mass is 10.1. The first-order chi connectivity index (χ1) is 5.50. The van der Waals surface area contributed by atoms with Gasteiger partial charge in [0, 0.05) is 0 Å². The molecule has 0 heterocycles. The predicted octanol–water partition coefficient (Wildman–Crippen LogP) is 3.84. The van der Waals surface area contributed by atoms with E-state index in [1.807, 2.05) is 0 Å². The molecule has 0 aromatic heterocycles. The third-order valence-corrected chi connectivity index (χ3v) is 2.07. The van der Waals surface area contributed by atoms with E-state index in [2.05, 4.69) is 24.3 Å². The molecule has 0 aliphatic heterocycles. The zero-order valence-corrected chi connectivity index (χ0v) is 7.26. The fourth-order valence-corrected chi connectivity index (χ4v) is 1.37. The highest BCUT2D eigenvalue weighted by Crippen LogP contribution is 2.07. The molecule has 0 fully saturated rings. The van der Waals surface area contributed by atoms with Crippen LogP contribution in [0.5, 0.6) is 0 Å². The lowest BCUT2D eigenvalue weighted by molar-refractivity contribution is 0.696. The molecule has 0 bridgehead atoms. The van der Waals surface area contributed by atoms with Crippen molar-refractivity contribution in [1.29, 1.82) is 0 Å². The molecule has 11 heavy (non-hydrogen) atoms. The minimum absolute atomic E-state index is 1.23. The SMILES string of the molecule is C1=C\CCCCC/C=C/CC/1. The monoisotopic (exact) mass is 150 g/mol. The van der Waals surface area contributed by atoms with E-state index in [-0.39, 0.29) is 0 Å². The van der Waals surface area contributed by atoms with E-state index in [1.54, 1.807) is 0 Å². The minimum atomic E-state index is 1.23. The summed E-state index contributed by atoms with van der Waals surface area (Å²) in [5.41, 5.74) is 0. The first kappa shape index (κ1) is 8.58. The van der Waals surface area contributed by atoms with E-state index in [0.717, 1.165) is 0 Å². The van der Waals surface area contributed by atoms with Crippen LogP contribution in [0.2, 0.25) is 0 Å². The zero-order chi connectivity index (χ0) is 7.78. The molecule has 0 aromatic rings. The lowest BCUT2D eigenvalue weighted by Gasteiger charge is -1.93. The summed E-state index contributed by atoms with van der Waals surface area (Å²) in [6.07, 6.45) is 18.5. The minimum Gasteiger partial charge on any atom is -0.0885 e. The second kappa shape index (κ2) is 6.21. The molecule has 0 atom stereocenters. The Balaban J connectivity index is 2.22. The Bertz CT molecular complexity index is 115. The molecule has 1 rings (SSSR count). The highest BCUT2D eigenvalue weighted by molar-refractivity contribution is 4.88. The first-order valence-electron chi connectivity index (χ1n) is 4.80. The third-order valence-electron chi connectivity index (χ3n) is 2.07. The molecule has 0 saturated heterocycles. The van der Waals surface area contributed by atoms with Crippen molar-refractivity contribution in [3.63, 3.8) is 0 Å². The van der Waals surface area contributed by atoms with Crippen molar-refractivity contribution < 1.29 is 0 Å². The highest BCUT2D eigenvalue weighted by atomic mass is 13.9. The van der Waals surface area contributed by atoms with Gasteiger partial charge in [0.25, 0.3) is 0 Å². The van der Waals surface area contributed by atoms with E-state index >= 15 is 0 Å². The van der Waals surface area contributed by atoms with Gasteiger partial charge in [-0.05, 0) is 38.5 Å². The molecule has 0 heteroatoms. The molecule has 1 aliphatic rings. The van der Waals surface area contributed by atoms with Crippen LogP contribution < -0.4 is 0 Å². The van der Waals surface area contributed by atoms with Crippen LogP contribution in [-0.2, 0) is 0 Å². The van der Waals surface area contributed by atoms with Gasteiger partial charge >= 0.3 is 0 Å². The second-order valence-corrected chi connectivity index (χ2v) is 3.16. The Morgan fingerprint density at radius 1 is 0.455 bits per heavy atom. The van der Waals surface area contributed by atoms with Gasteiger partial charge in [-0.25, -0.2) is 0 Å². The quantitative estimate of drug-likeness (QED) is 0.460. The summed E-state index contributed by atoms with van der Waals surface area (Å²) in [6.45, 7) is 0. The molecular formula is C11H18. The Morgan fingerprint density at radius 3 is 1.45 bits per heavy atom. The average Bonchev–Trinajstić information content (AvgIpc) is 2.08. The van der Waals surface area contributed by atoms with Crippen LogP contribution >= 0.6 is 0 Å². The molecule has 0 amide bonds. The summed E-state index contributed by atoms with van der Waals surface area (Å²) in [5.74, 6) is 0. The Labute approximate surface area is 70.0 Å². The van der Waals surface area contributed by atoms with Crippen LogP contribution in [0, 0.1) is 0 Å². The van der Waals surface area contributed by atoms with Gasteiger partial charge in [0.15, 0.2) is 0 Å². The van der Waals surface area contributed by atoms with Crippen molar-refractivity contribution >= 4 is 0 Å². The maximum absolute atomic E-state index is 2.33. The Morgan fingerprint density at radius 2 is 0.909 bits per heavy atom. The van der Waals surface area contributed by atoms with E-state index in [1.165, 1.54) is 44.9 Å². The van der Waals surface area contributed by atoms with E-state index < -0.39 is 0 Å². The number of rotatable bonds is 0. The first-order valence-corrected chi connectivity index (χ1v) is 4.80. The van der Waals surface area contributed by atoms with Crippen molar-refractivity contribution in [3.8, 4) is 0 Å². The maximum Gasteiger partial charge on any atom is -0.0316 e. The Kier molecular flexibility index (Phi) is 4.84. The summed E-state index contributed by atoms with van der Waals surface area (Å²) < 4.78 is 0.